The van der Waals surface area contributed by atoms with Crippen LogP contribution in [0.5, 0.6) is 0 Å². The number of nitrogens with one attached hydrogen (secondary N) is 1. The number of rotatable bonds is 3. The molecular formula is C19H19ClFN3. The van der Waals surface area contributed by atoms with Crippen LogP contribution in [0.25, 0.3) is 10.9 Å². The summed E-state index contributed by atoms with van der Waals surface area (Å²) < 4.78 is 13.3. The fraction of sp³-hybridized carbons (Fsp3) is 0.263. The van der Waals surface area contributed by atoms with E-state index in [1.165, 1.54) is 17.3 Å². The molecule has 5 heteroatoms. The van der Waals surface area contributed by atoms with Gasteiger partial charge in [-0.2, -0.15) is 0 Å². The number of hydrogen-bond acceptors (Lipinski definition) is 2. The van der Waals surface area contributed by atoms with Crippen molar-refractivity contribution in [1.82, 2.24) is 9.88 Å². The largest absolute Gasteiger partial charge is 0.369 e. The van der Waals surface area contributed by atoms with Crippen LogP contribution in [0, 0.1) is 5.82 Å². The second-order valence-corrected chi connectivity index (χ2v) is 6.68. The van der Waals surface area contributed by atoms with Crippen molar-refractivity contribution in [2.24, 2.45) is 0 Å². The highest BCUT2D eigenvalue weighted by atomic mass is 35.5. The summed E-state index contributed by atoms with van der Waals surface area (Å²) >= 11 is 5.96. The molecule has 0 bridgehead atoms. The van der Waals surface area contributed by atoms with Crippen molar-refractivity contribution in [3.8, 4) is 0 Å². The topological polar surface area (TPSA) is 22.3 Å². The Bertz CT molecular complexity index is 835. The predicted molar refractivity (Wildman–Crippen MR) is 97.2 cm³/mol. The fourth-order valence-corrected chi connectivity index (χ4v) is 3.47. The molecule has 1 fully saturated rings. The highest BCUT2D eigenvalue weighted by Gasteiger charge is 2.18. The molecule has 0 radical (unpaired) electrons. The van der Waals surface area contributed by atoms with Gasteiger partial charge in [0.05, 0.1) is 0 Å². The molecule has 2 heterocycles. The third-order valence-electron chi connectivity index (χ3n) is 4.69. The number of halogens is 2. The summed E-state index contributed by atoms with van der Waals surface area (Å²) in [5.41, 5.74) is 3.32. The van der Waals surface area contributed by atoms with E-state index in [2.05, 4.69) is 26.9 Å². The van der Waals surface area contributed by atoms with E-state index in [9.17, 15) is 4.39 Å². The first-order valence-electron chi connectivity index (χ1n) is 8.17. The summed E-state index contributed by atoms with van der Waals surface area (Å²) in [6.07, 6.45) is 2.00. The van der Waals surface area contributed by atoms with Crippen LogP contribution in [0.1, 0.15) is 5.56 Å². The first-order chi connectivity index (χ1) is 11.7. The maximum atomic E-state index is 13.3. The van der Waals surface area contributed by atoms with E-state index in [1.807, 2.05) is 24.4 Å². The Morgan fingerprint density at radius 2 is 1.75 bits per heavy atom. The molecule has 3 aromatic rings. The zero-order valence-corrected chi connectivity index (χ0v) is 14.1. The third-order valence-corrected chi connectivity index (χ3v) is 4.94. The quantitative estimate of drug-likeness (QED) is 0.766. The van der Waals surface area contributed by atoms with Crippen molar-refractivity contribution in [2.45, 2.75) is 6.54 Å². The number of fused-ring (bicyclic) bond motifs is 1. The van der Waals surface area contributed by atoms with Crippen LogP contribution in [0.4, 0.5) is 10.1 Å². The van der Waals surface area contributed by atoms with Crippen LogP contribution >= 0.6 is 11.6 Å². The summed E-state index contributed by atoms with van der Waals surface area (Å²) in [4.78, 5) is 8.00. The Morgan fingerprint density at radius 1 is 1.00 bits per heavy atom. The number of piperazine rings is 1. The first-order valence-corrected chi connectivity index (χ1v) is 8.55. The van der Waals surface area contributed by atoms with E-state index in [1.54, 1.807) is 6.07 Å². The SMILES string of the molecule is Fc1ccc2c(CN3CCN(c4ccc(Cl)cc4)CC3)c[nH]c2c1. The van der Waals surface area contributed by atoms with Crippen molar-refractivity contribution < 1.29 is 4.39 Å². The molecule has 0 saturated carbocycles. The van der Waals surface area contributed by atoms with Crippen molar-refractivity contribution in [3.05, 3.63) is 65.1 Å². The van der Waals surface area contributed by atoms with E-state index < -0.39 is 0 Å². The monoisotopic (exact) mass is 343 g/mol. The highest BCUT2D eigenvalue weighted by Crippen LogP contribution is 2.23. The van der Waals surface area contributed by atoms with Gasteiger partial charge in [0, 0.05) is 60.5 Å². The van der Waals surface area contributed by atoms with E-state index in [-0.39, 0.29) is 5.82 Å². The lowest BCUT2D eigenvalue weighted by atomic mass is 10.1. The Morgan fingerprint density at radius 3 is 2.50 bits per heavy atom. The van der Waals surface area contributed by atoms with Gasteiger partial charge in [-0.1, -0.05) is 11.6 Å². The molecule has 0 spiro atoms. The molecular weight excluding hydrogens is 325 g/mol. The van der Waals surface area contributed by atoms with Gasteiger partial charge in [0.15, 0.2) is 0 Å². The molecule has 1 aliphatic rings. The normalized spacial score (nSPS) is 16.0. The van der Waals surface area contributed by atoms with Gasteiger partial charge in [0.2, 0.25) is 0 Å². The minimum Gasteiger partial charge on any atom is -0.369 e. The highest BCUT2D eigenvalue weighted by molar-refractivity contribution is 6.30. The van der Waals surface area contributed by atoms with Gasteiger partial charge in [-0.05, 0) is 48.0 Å². The zero-order chi connectivity index (χ0) is 16.5. The maximum absolute atomic E-state index is 13.3. The van der Waals surface area contributed by atoms with Gasteiger partial charge in [-0.25, -0.2) is 4.39 Å². The lowest BCUT2D eigenvalue weighted by molar-refractivity contribution is 0.250. The lowest BCUT2D eigenvalue weighted by Crippen LogP contribution is -2.45. The van der Waals surface area contributed by atoms with Crippen LogP contribution in [0.15, 0.2) is 48.7 Å². The molecule has 0 amide bonds. The number of benzene rings is 2. The first kappa shape index (κ1) is 15.5. The van der Waals surface area contributed by atoms with Gasteiger partial charge < -0.3 is 9.88 Å². The summed E-state index contributed by atoms with van der Waals surface area (Å²) in [6, 6.07) is 13.0. The Labute approximate surface area is 145 Å². The molecule has 1 aliphatic heterocycles. The summed E-state index contributed by atoms with van der Waals surface area (Å²) in [5, 5.41) is 1.88. The summed E-state index contributed by atoms with van der Waals surface area (Å²) in [7, 11) is 0. The lowest BCUT2D eigenvalue weighted by Gasteiger charge is -2.36. The second-order valence-electron chi connectivity index (χ2n) is 6.24. The van der Waals surface area contributed by atoms with Crippen LogP contribution in [-0.2, 0) is 6.54 Å². The Balaban J connectivity index is 1.41. The van der Waals surface area contributed by atoms with Crippen LogP contribution < -0.4 is 4.90 Å². The fourth-order valence-electron chi connectivity index (χ4n) is 3.35. The van der Waals surface area contributed by atoms with E-state index in [4.69, 9.17) is 11.6 Å². The summed E-state index contributed by atoms with van der Waals surface area (Å²) in [5.74, 6) is -0.201. The number of aromatic amines is 1. The standard InChI is InChI=1S/C19H19ClFN3/c20-15-1-4-17(5-2-15)24-9-7-23(8-10-24)13-14-12-22-19-11-16(21)3-6-18(14)19/h1-6,11-12,22H,7-10,13H2. The van der Waals surface area contributed by atoms with E-state index in [0.29, 0.717) is 0 Å². The molecule has 1 aromatic heterocycles. The number of hydrogen-bond donors (Lipinski definition) is 1. The molecule has 0 unspecified atom stereocenters. The van der Waals surface area contributed by atoms with Gasteiger partial charge in [0.1, 0.15) is 5.82 Å². The van der Waals surface area contributed by atoms with Gasteiger partial charge in [-0.15, -0.1) is 0 Å². The van der Waals surface area contributed by atoms with Crippen molar-refractivity contribution in [2.75, 3.05) is 31.1 Å². The smallest absolute Gasteiger partial charge is 0.125 e. The minimum atomic E-state index is -0.201. The molecule has 1 saturated heterocycles. The third kappa shape index (κ3) is 3.12. The molecule has 2 aromatic carbocycles. The summed E-state index contributed by atoms with van der Waals surface area (Å²) in [6.45, 7) is 4.91. The van der Waals surface area contributed by atoms with Gasteiger partial charge >= 0.3 is 0 Å². The van der Waals surface area contributed by atoms with E-state index in [0.717, 1.165) is 48.6 Å². The molecule has 3 nitrogen and oxygen atoms in total. The van der Waals surface area contributed by atoms with Crippen LogP contribution in [0.3, 0.4) is 0 Å². The molecule has 124 valence electrons. The van der Waals surface area contributed by atoms with Gasteiger partial charge in [0.25, 0.3) is 0 Å². The molecule has 1 N–H and O–H groups in total. The minimum absolute atomic E-state index is 0.201. The number of aromatic nitrogens is 1. The molecule has 4 rings (SSSR count). The van der Waals surface area contributed by atoms with Gasteiger partial charge in [-0.3, -0.25) is 4.90 Å². The number of H-pyrrole nitrogens is 1. The number of nitrogens with zero attached hydrogens (tertiary/aromatic N) is 2. The van der Waals surface area contributed by atoms with Crippen LogP contribution in [-0.4, -0.2) is 36.1 Å². The average molecular weight is 344 g/mol. The van der Waals surface area contributed by atoms with Crippen molar-refractivity contribution in [3.63, 3.8) is 0 Å². The molecule has 0 atom stereocenters. The van der Waals surface area contributed by atoms with Crippen LogP contribution in [0.2, 0.25) is 5.02 Å². The van der Waals surface area contributed by atoms with Crippen molar-refractivity contribution in [1.29, 1.82) is 0 Å². The zero-order valence-electron chi connectivity index (χ0n) is 13.3. The van der Waals surface area contributed by atoms with E-state index >= 15 is 0 Å². The molecule has 24 heavy (non-hydrogen) atoms. The Kier molecular flexibility index (Phi) is 4.17. The second kappa shape index (κ2) is 6.46. The average Bonchev–Trinajstić information content (AvgIpc) is 2.98. The molecule has 0 aliphatic carbocycles. The number of anilines is 1. The maximum Gasteiger partial charge on any atom is 0.125 e. The Hall–Kier alpha value is -2.04. The predicted octanol–water partition coefficient (Wildman–Crippen LogP) is 4.28. The van der Waals surface area contributed by atoms with Crippen molar-refractivity contribution >= 4 is 28.2 Å².